The van der Waals surface area contributed by atoms with Crippen molar-refractivity contribution in [3.05, 3.63) is 28.5 Å². The van der Waals surface area contributed by atoms with Crippen LogP contribution in [0.1, 0.15) is 35.3 Å². The number of aryl methyl sites for hydroxylation is 1. The first-order valence-electron chi connectivity index (χ1n) is 6.57. The SMILES string of the molecule is Cc1cc(C(=O)N(C)CC2CCCCO2)cc(Cl)n1. The van der Waals surface area contributed by atoms with Crippen molar-refractivity contribution in [2.24, 2.45) is 0 Å². The van der Waals surface area contributed by atoms with Crippen molar-refractivity contribution >= 4 is 17.5 Å². The number of carbonyl (C=O) groups is 1. The zero-order valence-electron chi connectivity index (χ0n) is 11.4. The van der Waals surface area contributed by atoms with E-state index in [1.165, 1.54) is 6.42 Å². The molecule has 0 radical (unpaired) electrons. The Balaban J connectivity index is 2.01. The third-order valence-electron chi connectivity index (χ3n) is 3.27. The molecule has 1 atom stereocenters. The lowest BCUT2D eigenvalue weighted by Crippen LogP contribution is -2.37. The van der Waals surface area contributed by atoms with E-state index in [9.17, 15) is 4.79 Å². The molecular weight excluding hydrogens is 264 g/mol. The number of aromatic nitrogens is 1. The van der Waals surface area contributed by atoms with Gasteiger partial charge in [-0.1, -0.05) is 11.6 Å². The molecule has 1 aliphatic heterocycles. The third-order valence-corrected chi connectivity index (χ3v) is 3.46. The molecule has 0 saturated carbocycles. The smallest absolute Gasteiger partial charge is 0.253 e. The van der Waals surface area contributed by atoms with E-state index < -0.39 is 0 Å². The van der Waals surface area contributed by atoms with Gasteiger partial charge in [-0.3, -0.25) is 4.79 Å². The monoisotopic (exact) mass is 282 g/mol. The van der Waals surface area contributed by atoms with Gasteiger partial charge in [0.2, 0.25) is 0 Å². The fraction of sp³-hybridized carbons (Fsp3) is 0.571. The highest BCUT2D eigenvalue weighted by molar-refractivity contribution is 6.29. The van der Waals surface area contributed by atoms with Crippen molar-refractivity contribution in [3.8, 4) is 0 Å². The van der Waals surface area contributed by atoms with Gasteiger partial charge in [0, 0.05) is 31.5 Å². The van der Waals surface area contributed by atoms with Crippen molar-refractivity contribution in [1.29, 1.82) is 0 Å². The summed E-state index contributed by atoms with van der Waals surface area (Å²) in [5.41, 5.74) is 1.33. The largest absolute Gasteiger partial charge is 0.376 e. The average molecular weight is 283 g/mol. The highest BCUT2D eigenvalue weighted by atomic mass is 35.5. The molecule has 1 amide bonds. The molecule has 2 rings (SSSR count). The quantitative estimate of drug-likeness (QED) is 0.801. The molecule has 1 unspecified atom stereocenters. The lowest BCUT2D eigenvalue weighted by Gasteiger charge is -2.27. The van der Waals surface area contributed by atoms with Crippen LogP contribution < -0.4 is 0 Å². The molecule has 1 aromatic rings. The molecule has 0 bridgehead atoms. The molecule has 1 aromatic heterocycles. The molecule has 5 heteroatoms. The van der Waals surface area contributed by atoms with Crippen molar-refractivity contribution in [2.75, 3.05) is 20.2 Å². The number of halogens is 1. The lowest BCUT2D eigenvalue weighted by molar-refractivity contribution is -0.000189. The topological polar surface area (TPSA) is 42.4 Å². The second kappa shape index (κ2) is 6.35. The van der Waals surface area contributed by atoms with Crippen molar-refractivity contribution < 1.29 is 9.53 Å². The van der Waals surface area contributed by atoms with Gasteiger partial charge < -0.3 is 9.64 Å². The number of likely N-dealkylation sites (N-methyl/N-ethyl adjacent to an activating group) is 1. The van der Waals surface area contributed by atoms with Crippen LogP contribution >= 0.6 is 11.6 Å². The van der Waals surface area contributed by atoms with Crippen LogP contribution in [-0.2, 0) is 4.74 Å². The van der Waals surface area contributed by atoms with E-state index in [4.69, 9.17) is 16.3 Å². The number of hydrogen-bond donors (Lipinski definition) is 0. The number of hydrogen-bond acceptors (Lipinski definition) is 3. The Morgan fingerprint density at radius 3 is 2.95 bits per heavy atom. The summed E-state index contributed by atoms with van der Waals surface area (Å²) >= 11 is 5.88. The Bertz CT molecular complexity index is 439. The van der Waals surface area contributed by atoms with Crippen LogP contribution in [0, 0.1) is 6.92 Å². The molecule has 0 spiro atoms. The summed E-state index contributed by atoms with van der Waals surface area (Å²) in [6, 6.07) is 3.36. The molecule has 4 nitrogen and oxygen atoms in total. The minimum absolute atomic E-state index is 0.0402. The second-order valence-electron chi connectivity index (χ2n) is 4.99. The van der Waals surface area contributed by atoms with E-state index in [2.05, 4.69) is 4.98 Å². The highest BCUT2D eigenvalue weighted by Crippen LogP contribution is 2.16. The van der Waals surface area contributed by atoms with Crippen LogP contribution in [0.5, 0.6) is 0 Å². The maximum absolute atomic E-state index is 12.3. The Labute approximate surface area is 118 Å². The van der Waals surface area contributed by atoms with Gasteiger partial charge in [-0.15, -0.1) is 0 Å². The van der Waals surface area contributed by atoms with Gasteiger partial charge in [0.05, 0.1) is 6.10 Å². The highest BCUT2D eigenvalue weighted by Gasteiger charge is 2.20. The van der Waals surface area contributed by atoms with Gasteiger partial charge >= 0.3 is 0 Å². The number of ether oxygens (including phenoxy) is 1. The molecule has 1 saturated heterocycles. The lowest BCUT2D eigenvalue weighted by atomic mass is 10.1. The fourth-order valence-corrected chi connectivity index (χ4v) is 2.56. The first-order chi connectivity index (χ1) is 9.06. The molecule has 1 aliphatic rings. The Morgan fingerprint density at radius 1 is 1.53 bits per heavy atom. The summed E-state index contributed by atoms with van der Waals surface area (Å²) in [6.07, 6.45) is 3.47. The first kappa shape index (κ1) is 14.3. The summed E-state index contributed by atoms with van der Waals surface area (Å²) < 4.78 is 5.65. The van der Waals surface area contributed by atoms with E-state index >= 15 is 0 Å². The maximum atomic E-state index is 12.3. The van der Waals surface area contributed by atoms with Gasteiger partial charge in [0.1, 0.15) is 5.15 Å². The Morgan fingerprint density at radius 2 is 2.32 bits per heavy atom. The molecule has 0 aromatic carbocycles. The van der Waals surface area contributed by atoms with Crippen LogP contribution in [0.4, 0.5) is 0 Å². The molecule has 1 fully saturated rings. The predicted octanol–water partition coefficient (Wildman–Crippen LogP) is 2.68. The fourth-order valence-electron chi connectivity index (χ4n) is 2.31. The molecular formula is C14H19ClN2O2. The standard InChI is InChI=1S/C14H19ClN2O2/c1-10-7-11(8-13(15)16-10)14(18)17(2)9-12-5-3-4-6-19-12/h7-8,12H,3-6,9H2,1-2H3. The van der Waals surface area contributed by atoms with Gasteiger partial charge in [0.15, 0.2) is 0 Å². The number of amides is 1. The van der Waals surface area contributed by atoms with E-state index in [1.54, 1.807) is 24.1 Å². The number of rotatable bonds is 3. The third kappa shape index (κ3) is 3.91. The van der Waals surface area contributed by atoms with Crippen molar-refractivity contribution in [3.63, 3.8) is 0 Å². The van der Waals surface area contributed by atoms with Gasteiger partial charge in [-0.05, 0) is 38.3 Å². The summed E-state index contributed by atoms with van der Waals surface area (Å²) in [4.78, 5) is 18.1. The zero-order chi connectivity index (χ0) is 13.8. The number of pyridine rings is 1. The molecule has 0 aliphatic carbocycles. The van der Waals surface area contributed by atoms with Crippen LogP contribution in [0.3, 0.4) is 0 Å². The molecule has 2 heterocycles. The average Bonchev–Trinajstić information content (AvgIpc) is 2.37. The normalized spacial score (nSPS) is 19.2. The van der Waals surface area contributed by atoms with Gasteiger partial charge in [-0.25, -0.2) is 4.98 Å². The Hall–Kier alpha value is -1.13. The van der Waals surface area contributed by atoms with Crippen LogP contribution in [0.2, 0.25) is 5.15 Å². The minimum atomic E-state index is -0.0402. The minimum Gasteiger partial charge on any atom is -0.376 e. The van der Waals surface area contributed by atoms with Crippen molar-refractivity contribution in [1.82, 2.24) is 9.88 Å². The molecule has 104 valence electrons. The van der Waals surface area contributed by atoms with Crippen LogP contribution in [-0.4, -0.2) is 42.1 Å². The van der Waals surface area contributed by atoms with Crippen LogP contribution in [0.15, 0.2) is 12.1 Å². The van der Waals surface area contributed by atoms with E-state index in [-0.39, 0.29) is 12.0 Å². The second-order valence-corrected chi connectivity index (χ2v) is 5.38. The van der Waals surface area contributed by atoms with E-state index in [1.807, 2.05) is 6.92 Å². The summed E-state index contributed by atoms with van der Waals surface area (Å²) in [5.74, 6) is -0.0402. The van der Waals surface area contributed by atoms with Gasteiger partial charge in [0.25, 0.3) is 5.91 Å². The van der Waals surface area contributed by atoms with Crippen LogP contribution in [0.25, 0.3) is 0 Å². The molecule has 19 heavy (non-hydrogen) atoms. The van der Waals surface area contributed by atoms with E-state index in [0.717, 1.165) is 25.1 Å². The molecule has 0 N–H and O–H groups in total. The summed E-state index contributed by atoms with van der Waals surface area (Å²) in [6.45, 7) is 3.25. The number of nitrogens with zero attached hydrogens (tertiary/aromatic N) is 2. The summed E-state index contributed by atoms with van der Waals surface area (Å²) in [5, 5.41) is 0.352. The number of carbonyl (C=O) groups excluding carboxylic acids is 1. The van der Waals surface area contributed by atoms with Crippen molar-refractivity contribution in [2.45, 2.75) is 32.3 Å². The van der Waals surface area contributed by atoms with Gasteiger partial charge in [-0.2, -0.15) is 0 Å². The first-order valence-corrected chi connectivity index (χ1v) is 6.95. The zero-order valence-corrected chi connectivity index (χ0v) is 12.1. The summed E-state index contributed by atoms with van der Waals surface area (Å²) in [7, 11) is 1.80. The maximum Gasteiger partial charge on any atom is 0.253 e. The Kier molecular flexibility index (Phi) is 4.77. The van der Waals surface area contributed by atoms with E-state index in [0.29, 0.717) is 17.3 Å². The predicted molar refractivity (Wildman–Crippen MR) is 74.5 cm³/mol.